The number of hydrogen-bond acceptors (Lipinski definition) is 4. The van der Waals surface area contributed by atoms with Crippen LogP contribution < -0.4 is 5.73 Å². The Kier molecular flexibility index (Phi) is 3.88. The van der Waals surface area contributed by atoms with Crippen LogP contribution in [0.2, 0.25) is 5.15 Å². The fourth-order valence-corrected chi connectivity index (χ4v) is 1.27. The van der Waals surface area contributed by atoms with Crippen LogP contribution in [0.4, 0.5) is 0 Å². The molecule has 0 spiro atoms. The molecule has 0 radical (unpaired) electrons. The quantitative estimate of drug-likeness (QED) is 0.454. The molecule has 0 saturated heterocycles. The van der Waals surface area contributed by atoms with Crippen molar-refractivity contribution in [3.8, 4) is 0 Å². The van der Waals surface area contributed by atoms with Crippen molar-refractivity contribution in [1.82, 2.24) is 4.98 Å². The summed E-state index contributed by atoms with van der Waals surface area (Å²) in [6.07, 6.45) is 1.49. The van der Waals surface area contributed by atoms with Gasteiger partial charge in [-0.25, -0.2) is 4.79 Å². The van der Waals surface area contributed by atoms with Gasteiger partial charge in [0.25, 0.3) is 0 Å². The van der Waals surface area contributed by atoms with Gasteiger partial charge in [-0.05, 0) is 13.0 Å². The second kappa shape index (κ2) is 4.95. The molecule has 0 aliphatic heterocycles. The van der Waals surface area contributed by atoms with E-state index in [-0.39, 0.29) is 17.3 Å². The van der Waals surface area contributed by atoms with Crippen LogP contribution in [0, 0.1) is 0 Å². The average molecular weight is 231 g/mol. The van der Waals surface area contributed by atoms with Gasteiger partial charge in [0.1, 0.15) is 5.15 Å². The number of carbonyl (C=O) groups excluding carboxylic acids is 2. The first-order valence-electron chi connectivity index (χ1n) is 4.37. The smallest absolute Gasteiger partial charge is 0.331 e. The number of nitrogens with one attached hydrogen (secondary N) is 1. The van der Waals surface area contributed by atoms with Crippen molar-refractivity contribution in [1.29, 1.82) is 0 Å². The highest BCUT2D eigenvalue weighted by Crippen LogP contribution is 2.14. The summed E-state index contributed by atoms with van der Waals surface area (Å²) < 4.78 is 4.62. The second-order valence-electron chi connectivity index (χ2n) is 2.80. The van der Waals surface area contributed by atoms with E-state index in [0.717, 1.165) is 0 Å². The molecule has 3 N–H and O–H groups in total. The van der Waals surface area contributed by atoms with Crippen LogP contribution in [-0.4, -0.2) is 29.4 Å². The Morgan fingerprint density at radius 2 is 2.33 bits per heavy atom. The lowest BCUT2D eigenvalue weighted by Gasteiger charge is -2.08. The summed E-state index contributed by atoms with van der Waals surface area (Å²) in [4.78, 5) is 25.4. The number of ketones is 1. The van der Waals surface area contributed by atoms with E-state index in [4.69, 9.17) is 17.3 Å². The molecule has 1 rings (SSSR count). The summed E-state index contributed by atoms with van der Waals surface area (Å²) in [7, 11) is 0. The number of rotatable bonds is 4. The third kappa shape index (κ3) is 2.57. The van der Waals surface area contributed by atoms with Gasteiger partial charge in [0.15, 0.2) is 11.8 Å². The van der Waals surface area contributed by atoms with E-state index in [0.29, 0.717) is 0 Å². The second-order valence-corrected chi connectivity index (χ2v) is 3.18. The number of carbonyl (C=O) groups is 2. The number of ether oxygens (including phenoxy) is 1. The molecule has 5 nitrogen and oxygen atoms in total. The molecule has 0 saturated carbocycles. The van der Waals surface area contributed by atoms with E-state index >= 15 is 0 Å². The van der Waals surface area contributed by atoms with Crippen molar-refractivity contribution in [2.75, 3.05) is 6.61 Å². The molecule has 1 aromatic heterocycles. The predicted octanol–water partition coefficient (Wildman–Crippen LogP) is 0.741. The highest BCUT2D eigenvalue weighted by molar-refractivity contribution is 6.33. The Bertz CT molecular complexity index is 375. The van der Waals surface area contributed by atoms with Gasteiger partial charge >= 0.3 is 5.97 Å². The largest absolute Gasteiger partial charge is 0.464 e. The van der Waals surface area contributed by atoms with Crippen molar-refractivity contribution in [3.63, 3.8) is 0 Å². The van der Waals surface area contributed by atoms with Gasteiger partial charge in [0.2, 0.25) is 0 Å². The lowest BCUT2D eigenvalue weighted by atomic mass is 10.1. The minimum atomic E-state index is -1.32. The van der Waals surface area contributed by atoms with Crippen molar-refractivity contribution in [3.05, 3.63) is 23.0 Å². The third-order valence-corrected chi connectivity index (χ3v) is 2.10. The van der Waals surface area contributed by atoms with E-state index < -0.39 is 17.8 Å². The first kappa shape index (κ1) is 11.7. The predicted molar refractivity (Wildman–Crippen MR) is 54.7 cm³/mol. The fraction of sp³-hybridized carbons (Fsp3) is 0.333. The molecule has 1 heterocycles. The normalized spacial score (nSPS) is 12.2. The molecule has 15 heavy (non-hydrogen) atoms. The van der Waals surface area contributed by atoms with Crippen molar-refractivity contribution < 1.29 is 14.3 Å². The van der Waals surface area contributed by atoms with Crippen molar-refractivity contribution in [2.45, 2.75) is 13.0 Å². The van der Waals surface area contributed by atoms with Crippen LogP contribution in [0.1, 0.15) is 17.3 Å². The van der Waals surface area contributed by atoms with Gasteiger partial charge in [-0.1, -0.05) is 11.6 Å². The number of hydrogen-bond donors (Lipinski definition) is 2. The molecule has 0 aliphatic rings. The first-order valence-corrected chi connectivity index (χ1v) is 4.75. The van der Waals surface area contributed by atoms with Crippen LogP contribution in [-0.2, 0) is 9.53 Å². The summed E-state index contributed by atoms with van der Waals surface area (Å²) in [6, 6.07) is 0.141. The molecule has 1 atom stereocenters. The topological polar surface area (TPSA) is 85.2 Å². The highest BCUT2D eigenvalue weighted by atomic mass is 35.5. The van der Waals surface area contributed by atoms with Crippen LogP contribution in [0.15, 0.2) is 12.3 Å². The average Bonchev–Trinajstić information content (AvgIpc) is 2.62. The van der Waals surface area contributed by atoms with Gasteiger partial charge < -0.3 is 15.5 Å². The summed E-state index contributed by atoms with van der Waals surface area (Å²) in [5, 5.41) is 0.166. The first-order chi connectivity index (χ1) is 7.07. The summed E-state index contributed by atoms with van der Waals surface area (Å²) >= 11 is 5.68. The minimum absolute atomic E-state index is 0.166. The molecule has 0 aromatic carbocycles. The molecule has 0 fully saturated rings. The molecule has 6 heteroatoms. The van der Waals surface area contributed by atoms with Gasteiger partial charge in [-0.15, -0.1) is 0 Å². The lowest BCUT2D eigenvalue weighted by Crippen LogP contribution is -2.40. The molecule has 1 aromatic rings. The van der Waals surface area contributed by atoms with Crippen LogP contribution in [0.5, 0.6) is 0 Å². The summed E-state index contributed by atoms with van der Waals surface area (Å²) in [5.41, 5.74) is 5.60. The Labute approximate surface area is 91.5 Å². The molecule has 0 amide bonds. The fourth-order valence-electron chi connectivity index (χ4n) is 1.05. The van der Waals surface area contributed by atoms with Gasteiger partial charge in [-0.2, -0.15) is 0 Å². The number of nitrogens with two attached hydrogens (primary N) is 1. The van der Waals surface area contributed by atoms with Gasteiger partial charge in [0, 0.05) is 6.20 Å². The Balaban J connectivity index is 2.77. The zero-order valence-corrected chi connectivity index (χ0v) is 8.88. The molecular weight excluding hydrogens is 220 g/mol. The van der Waals surface area contributed by atoms with E-state index in [2.05, 4.69) is 9.72 Å². The Morgan fingerprint density at radius 1 is 1.67 bits per heavy atom. The Hall–Kier alpha value is -1.33. The number of aromatic amines is 1. The van der Waals surface area contributed by atoms with Crippen molar-refractivity contribution in [2.24, 2.45) is 5.73 Å². The summed E-state index contributed by atoms with van der Waals surface area (Å²) in [6.45, 7) is 1.82. The van der Waals surface area contributed by atoms with Crippen LogP contribution >= 0.6 is 11.6 Å². The van der Waals surface area contributed by atoms with Gasteiger partial charge in [-0.3, -0.25) is 4.79 Å². The maximum absolute atomic E-state index is 11.6. The van der Waals surface area contributed by atoms with Crippen LogP contribution in [0.25, 0.3) is 0 Å². The Morgan fingerprint density at radius 3 is 2.80 bits per heavy atom. The highest BCUT2D eigenvalue weighted by Gasteiger charge is 2.26. The molecule has 82 valence electrons. The molecule has 0 bridgehead atoms. The lowest BCUT2D eigenvalue weighted by molar-refractivity contribution is -0.143. The number of H-pyrrole nitrogens is 1. The minimum Gasteiger partial charge on any atom is -0.464 e. The zero-order chi connectivity index (χ0) is 11.4. The standard InChI is InChI=1S/C9H11ClN2O3/c1-2-15-9(14)6(11)7(13)5-3-4-12-8(5)10/h3-4,6,12H,2,11H2,1H3. The maximum Gasteiger partial charge on any atom is 0.331 e. The molecular formula is C9H11ClN2O3. The number of Topliss-reactive ketones (excluding diaryl/α,β-unsaturated/α-hetero) is 1. The van der Waals surface area contributed by atoms with E-state index in [9.17, 15) is 9.59 Å². The monoisotopic (exact) mass is 230 g/mol. The van der Waals surface area contributed by atoms with E-state index in [1.165, 1.54) is 12.3 Å². The van der Waals surface area contributed by atoms with E-state index in [1.807, 2.05) is 0 Å². The summed E-state index contributed by atoms with van der Waals surface area (Å²) in [5.74, 6) is -1.31. The maximum atomic E-state index is 11.6. The van der Waals surface area contributed by atoms with Crippen LogP contribution in [0.3, 0.4) is 0 Å². The zero-order valence-electron chi connectivity index (χ0n) is 8.12. The molecule has 0 aliphatic carbocycles. The number of aromatic nitrogens is 1. The van der Waals surface area contributed by atoms with E-state index in [1.54, 1.807) is 6.92 Å². The SMILES string of the molecule is CCOC(=O)C(N)C(=O)c1cc[nH]c1Cl. The van der Waals surface area contributed by atoms with Gasteiger partial charge in [0.05, 0.1) is 12.2 Å². The third-order valence-electron chi connectivity index (χ3n) is 1.78. The molecule has 1 unspecified atom stereocenters. The number of halogens is 1. The number of esters is 1. The van der Waals surface area contributed by atoms with Crippen molar-refractivity contribution >= 4 is 23.4 Å².